The van der Waals surface area contributed by atoms with E-state index in [1.165, 1.54) is 12.1 Å². The van der Waals surface area contributed by atoms with Crippen LogP contribution >= 0.6 is 0 Å². The molecule has 1 spiro atoms. The van der Waals surface area contributed by atoms with Gasteiger partial charge in [-0.3, -0.25) is 0 Å². The van der Waals surface area contributed by atoms with Crippen molar-refractivity contribution >= 4 is 110 Å². The average molecular weight is 1230 g/mol. The minimum absolute atomic E-state index is 0.188. The molecule has 454 valence electrons. The Kier molecular flexibility index (Phi) is 12.0. The first kappa shape index (κ1) is 56.4. The number of furan rings is 2. The zero-order chi connectivity index (χ0) is 63.8. The Morgan fingerprint density at radius 3 is 1.05 bits per heavy atom. The van der Waals surface area contributed by atoms with Crippen LogP contribution in [0.2, 0.25) is 0 Å². The fourth-order valence-corrected chi connectivity index (χ4v) is 15.3. The SMILES string of the molecule is CC(C)(C)c1ccc(N(c2ccc3c(c2)C2(c4ccccc4-c4cc5c6ccccc6c6ccccc6c5cc42)c2cc(N(c4ccc(C(C)(C)C)cc4)c4cccc5c4oc4c(C(F)(F)F)cccc45)ccc2-3)c2cccc3c2oc2c(C(F)(F)F)cccc23)cc1. The molecule has 0 aliphatic heterocycles. The third-order valence-corrected chi connectivity index (χ3v) is 19.6. The molecule has 2 aliphatic carbocycles. The van der Waals surface area contributed by atoms with Gasteiger partial charge in [-0.2, -0.15) is 26.3 Å². The maximum atomic E-state index is 14.9. The van der Waals surface area contributed by atoms with E-state index in [9.17, 15) is 26.3 Å². The minimum Gasteiger partial charge on any atom is -0.453 e. The smallest absolute Gasteiger partial charge is 0.420 e. The molecule has 2 heterocycles. The molecule has 0 amide bonds. The summed E-state index contributed by atoms with van der Waals surface area (Å²) in [6.07, 6.45) is -9.35. The summed E-state index contributed by atoms with van der Waals surface area (Å²) >= 11 is 0. The van der Waals surface area contributed by atoms with E-state index in [0.29, 0.717) is 44.1 Å². The molecule has 93 heavy (non-hydrogen) atoms. The van der Waals surface area contributed by atoms with Gasteiger partial charge in [0.05, 0.1) is 27.9 Å². The van der Waals surface area contributed by atoms with E-state index in [1.807, 2.05) is 36.4 Å². The van der Waals surface area contributed by atoms with Gasteiger partial charge in [-0.15, -0.1) is 0 Å². The van der Waals surface area contributed by atoms with E-state index in [2.05, 4.69) is 221 Å². The van der Waals surface area contributed by atoms with Crippen molar-refractivity contribution in [1.82, 2.24) is 0 Å². The van der Waals surface area contributed by atoms with Gasteiger partial charge >= 0.3 is 12.4 Å². The van der Waals surface area contributed by atoms with Gasteiger partial charge in [-0.05, 0) is 184 Å². The first-order valence-corrected chi connectivity index (χ1v) is 31.3. The van der Waals surface area contributed by atoms with Crippen molar-refractivity contribution in [3.8, 4) is 22.3 Å². The summed E-state index contributed by atoms with van der Waals surface area (Å²) in [6, 6.07) is 80.0. The van der Waals surface area contributed by atoms with Gasteiger partial charge in [0, 0.05) is 44.3 Å². The number of halogens is 6. The molecular formula is C83H58F6N2O2. The second kappa shape index (κ2) is 19.7. The van der Waals surface area contributed by atoms with Crippen LogP contribution in [-0.4, -0.2) is 0 Å². The molecule has 0 fully saturated rings. The summed E-state index contributed by atoms with van der Waals surface area (Å²) in [5.41, 5.74) is 11.5. The lowest BCUT2D eigenvalue weighted by Crippen LogP contribution is -2.26. The first-order chi connectivity index (χ1) is 44.7. The zero-order valence-corrected chi connectivity index (χ0v) is 51.6. The Balaban J connectivity index is 0.973. The second-order valence-electron chi connectivity index (χ2n) is 26.9. The third kappa shape index (κ3) is 8.32. The normalized spacial score (nSPS) is 13.7. The number of benzene rings is 13. The predicted molar refractivity (Wildman–Crippen MR) is 367 cm³/mol. The summed E-state index contributed by atoms with van der Waals surface area (Å²) in [4.78, 5) is 4.21. The van der Waals surface area contributed by atoms with Crippen molar-refractivity contribution in [2.45, 2.75) is 70.1 Å². The van der Waals surface area contributed by atoms with E-state index in [-0.39, 0.29) is 22.0 Å². The number of alkyl halides is 6. The topological polar surface area (TPSA) is 32.8 Å². The number of para-hydroxylation sites is 4. The van der Waals surface area contributed by atoms with Gasteiger partial charge in [0.25, 0.3) is 0 Å². The van der Waals surface area contributed by atoms with Crippen LogP contribution in [0.5, 0.6) is 0 Å². The Hall–Kier alpha value is -10.6. The predicted octanol–water partition coefficient (Wildman–Crippen LogP) is 24.9. The van der Waals surface area contributed by atoms with E-state index in [1.54, 1.807) is 12.1 Å². The average Bonchev–Trinajstić information content (AvgIpc) is 1.51. The Morgan fingerprint density at radius 1 is 0.280 bits per heavy atom. The van der Waals surface area contributed by atoms with Gasteiger partial charge in [-0.25, -0.2) is 0 Å². The molecular weight excluding hydrogens is 1170 g/mol. The summed E-state index contributed by atoms with van der Waals surface area (Å²) in [6.45, 7) is 13.0. The fourth-order valence-electron chi connectivity index (χ4n) is 15.3. The number of rotatable bonds is 6. The van der Waals surface area contributed by atoms with Gasteiger partial charge in [0.1, 0.15) is 11.2 Å². The molecule has 0 atom stereocenters. The van der Waals surface area contributed by atoms with E-state index >= 15 is 0 Å². The summed E-state index contributed by atoms with van der Waals surface area (Å²) in [5, 5.41) is 8.54. The largest absolute Gasteiger partial charge is 0.453 e. The highest BCUT2D eigenvalue weighted by Gasteiger charge is 2.53. The highest BCUT2D eigenvalue weighted by Crippen LogP contribution is 2.65. The molecule has 0 saturated heterocycles. The number of hydrogen-bond donors (Lipinski definition) is 0. The van der Waals surface area contributed by atoms with Crippen LogP contribution in [0.4, 0.5) is 60.5 Å². The molecule has 13 aromatic carbocycles. The van der Waals surface area contributed by atoms with Crippen LogP contribution in [-0.2, 0) is 28.6 Å². The van der Waals surface area contributed by atoms with Gasteiger partial charge in [-0.1, -0.05) is 199 Å². The highest BCUT2D eigenvalue weighted by molar-refractivity contribution is 6.26. The van der Waals surface area contributed by atoms with Crippen LogP contribution < -0.4 is 9.80 Å². The molecule has 0 N–H and O–H groups in total. The van der Waals surface area contributed by atoms with E-state index < -0.39 is 28.9 Å². The maximum Gasteiger partial charge on any atom is 0.420 e. The summed E-state index contributed by atoms with van der Waals surface area (Å²) in [5.74, 6) is 0. The van der Waals surface area contributed by atoms with Crippen molar-refractivity contribution in [3.05, 3.63) is 287 Å². The number of fused-ring (bicyclic) bond motifs is 22. The Morgan fingerprint density at radius 2 is 0.624 bits per heavy atom. The third-order valence-electron chi connectivity index (χ3n) is 19.6. The van der Waals surface area contributed by atoms with Crippen LogP contribution in [0.3, 0.4) is 0 Å². The van der Waals surface area contributed by atoms with E-state index in [4.69, 9.17) is 8.83 Å². The molecule has 10 heteroatoms. The van der Waals surface area contributed by atoms with E-state index in [0.717, 1.165) is 123 Å². The van der Waals surface area contributed by atoms with Crippen LogP contribution in [0.1, 0.15) is 86.1 Å². The lowest BCUT2D eigenvalue weighted by Gasteiger charge is -2.33. The molecule has 2 aromatic heterocycles. The van der Waals surface area contributed by atoms with Gasteiger partial charge in [0.2, 0.25) is 0 Å². The lowest BCUT2D eigenvalue weighted by molar-refractivity contribution is -0.137. The fraction of sp³-hybridized carbons (Fsp3) is 0.133. The zero-order valence-electron chi connectivity index (χ0n) is 51.6. The molecule has 0 radical (unpaired) electrons. The molecule has 0 saturated carbocycles. The van der Waals surface area contributed by atoms with Crippen LogP contribution in [0.25, 0.3) is 98.4 Å². The first-order valence-electron chi connectivity index (χ1n) is 31.3. The van der Waals surface area contributed by atoms with Gasteiger partial charge < -0.3 is 18.6 Å². The lowest BCUT2D eigenvalue weighted by atomic mass is 9.70. The maximum absolute atomic E-state index is 14.9. The molecule has 4 nitrogen and oxygen atoms in total. The Labute approximate surface area is 532 Å². The second-order valence-corrected chi connectivity index (χ2v) is 26.9. The van der Waals surface area contributed by atoms with Crippen molar-refractivity contribution in [2.75, 3.05) is 9.80 Å². The monoisotopic (exact) mass is 1230 g/mol. The number of anilines is 6. The summed E-state index contributed by atoms with van der Waals surface area (Å²) < 4.78 is 103. The van der Waals surface area contributed by atoms with Crippen LogP contribution in [0, 0.1) is 0 Å². The van der Waals surface area contributed by atoms with Crippen molar-refractivity contribution < 1.29 is 35.2 Å². The molecule has 0 bridgehead atoms. The number of nitrogens with zero attached hydrogens (tertiary/aromatic N) is 2. The molecule has 0 unspecified atom stereocenters. The number of hydrogen-bond acceptors (Lipinski definition) is 4. The quantitative estimate of drug-likeness (QED) is 0.123. The highest BCUT2D eigenvalue weighted by atomic mass is 19.4. The summed E-state index contributed by atoms with van der Waals surface area (Å²) in [7, 11) is 0. The molecule has 17 rings (SSSR count). The minimum atomic E-state index is -4.67. The standard InChI is InChI=1S/C83H58F6N2O2/c1-79(2,3)47-31-35-49(36-32-47)90(73-29-15-24-62-60-22-13-27-68(82(84,85)86)75(60)92-77(62)73)51-39-41-58-59-42-40-52(91(50-37-33-48(34-38-50)80(4,5)6)74-30-16-25-63-61-23-14-28-69(83(87,88)89)76(61)93-78(63)74)44-71(59)81(70(58)43-51)67-26-12-11-21-57(67)66-45-64-55-19-9-7-17-53(55)54-18-8-10-20-56(54)65(64)46-72(66)81/h7-46H,1-6H3. The van der Waals surface area contributed by atoms with Crippen LogP contribution in [0.15, 0.2) is 251 Å². The Bertz CT molecular complexity index is 5400. The van der Waals surface area contributed by atoms with Crippen molar-refractivity contribution in [2.24, 2.45) is 0 Å². The van der Waals surface area contributed by atoms with Gasteiger partial charge in [0.15, 0.2) is 11.2 Å². The van der Waals surface area contributed by atoms with Crippen molar-refractivity contribution in [1.29, 1.82) is 0 Å². The van der Waals surface area contributed by atoms with Crippen molar-refractivity contribution in [3.63, 3.8) is 0 Å². The molecule has 15 aromatic rings. The molecule has 2 aliphatic rings.